The number of amides is 2. The van der Waals surface area contributed by atoms with Crippen molar-refractivity contribution in [3.63, 3.8) is 0 Å². The molecule has 1 unspecified atom stereocenters. The van der Waals surface area contributed by atoms with E-state index in [-0.39, 0.29) is 49.5 Å². The van der Waals surface area contributed by atoms with E-state index in [2.05, 4.69) is 24.5 Å². The smallest absolute Gasteiger partial charge is 0.336 e. The third kappa shape index (κ3) is 18.0. The standard InChI is InChI=1S/C30H53N3O6.C20H25ClN2O5/c1-19(2)22(14-21-10-11-26(38-8)27(15-21)39-13-9-12-37-7)16-24(31)25(34)17-23(20(3)4)28(35)33-18-30(5,6)29(32)36;1-4-28-20(25)18-15(11-27-10-9-22)23-12(2)16(19(24)26-3)17(18)13-7-5-6-8-14(13)21/h10-11,15,19-20,22-25,34H,9,12-14,16-18,31H2,1-8H3,(H2,32,36)(H,33,35);5-8,17,23H,4,9-11,22H2,1-3H3/t22-,23+,24-,25-;/m0./s1. The number of carbonyl (C=O) groups excluding carboxylic acids is 4. The topological polar surface area (TPSA) is 246 Å². The van der Waals surface area contributed by atoms with Gasteiger partial charge in [-0.3, -0.25) is 9.59 Å². The van der Waals surface area contributed by atoms with Crippen molar-refractivity contribution in [1.82, 2.24) is 10.6 Å². The fraction of sp³-hybridized carbons (Fsp3) is 0.600. The molecule has 3 rings (SSSR count). The molecule has 2 aromatic rings. The van der Waals surface area contributed by atoms with Crippen molar-refractivity contribution in [1.29, 1.82) is 0 Å². The molecule has 0 radical (unpaired) electrons. The zero-order chi connectivity index (χ0) is 50.4. The number of esters is 2. The van der Waals surface area contributed by atoms with Crippen molar-refractivity contribution < 1.29 is 52.7 Å². The fourth-order valence-corrected chi connectivity index (χ4v) is 7.75. The number of halogens is 1. The second kappa shape index (κ2) is 29.2. The molecule has 1 aliphatic rings. The van der Waals surface area contributed by atoms with E-state index in [1.165, 1.54) is 7.11 Å². The Hall–Kier alpha value is -4.71. The molecule has 1 aliphatic heterocycles. The lowest BCUT2D eigenvalue weighted by atomic mass is 9.80. The van der Waals surface area contributed by atoms with E-state index in [1.807, 2.05) is 32.0 Å². The summed E-state index contributed by atoms with van der Waals surface area (Å²) < 4.78 is 32.3. The zero-order valence-electron chi connectivity index (χ0n) is 41.5. The molecular weight excluding hydrogens is 882 g/mol. The number of allylic oxidation sites excluding steroid dienone is 1. The van der Waals surface area contributed by atoms with Gasteiger partial charge >= 0.3 is 11.9 Å². The van der Waals surface area contributed by atoms with E-state index in [0.717, 1.165) is 18.4 Å². The predicted molar refractivity (Wildman–Crippen MR) is 260 cm³/mol. The average molecular weight is 961 g/mol. The first kappa shape index (κ1) is 58.4. The van der Waals surface area contributed by atoms with Crippen LogP contribution in [0.4, 0.5) is 0 Å². The summed E-state index contributed by atoms with van der Waals surface area (Å²) in [6.45, 7) is 17.3. The number of ether oxygens (including phenoxy) is 6. The zero-order valence-corrected chi connectivity index (χ0v) is 42.3. The summed E-state index contributed by atoms with van der Waals surface area (Å²) in [5.41, 5.74) is 19.9. The Morgan fingerprint density at radius 2 is 1.61 bits per heavy atom. The van der Waals surface area contributed by atoms with Crippen molar-refractivity contribution in [2.45, 2.75) is 99.1 Å². The number of hydrogen-bond donors (Lipinski definition) is 6. The molecule has 0 saturated carbocycles. The second-order valence-electron chi connectivity index (χ2n) is 18.0. The summed E-state index contributed by atoms with van der Waals surface area (Å²) in [6, 6.07) is 12.5. The normalized spacial score (nSPS) is 15.7. The number of carbonyl (C=O) groups is 4. The van der Waals surface area contributed by atoms with E-state index in [4.69, 9.17) is 57.2 Å². The summed E-state index contributed by atoms with van der Waals surface area (Å²) in [7, 11) is 4.58. The summed E-state index contributed by atoms with van der Waals surface area (Å²) >= 11 is 6.42. The van der Waals surface area contributed by atoms with Crippen LogP contribution in [0, 0.1) is 29.1 Å². The van der Waals surface area contributed by atoms with Crippen LogP contribution in [0.3, 0.4) is 0 Å². The quantitative estimate of drug-likeness (QED) is 0.0475. The highest BCUT2D eigenvalue weighted by molar-refractivity contribution is 6.31. The summed E-state index contributed by atoms with van der Waals surface area (Å²) in [5.74, 6) is -1.07. The molecule has 376 valence electrons. The van der Waals surface area contributed by atoms with Gasteiger partial charge in [-0.2, -0.15) is 0 Å². The molecule has 0 aromatic heterocycles. The Labute approximate surface area is 403 Å². The third-order valence-corrected chi connectivity index (χ3v) is 12.1. The first-order valence-corrected chi connectivity index (χ1v) is 23.3. The summed E-state index contributed by atoms with van der Waals surface area (Å²) in [5, 5.41) is 17.4. The maximum atomic E-state index is 12.9. The number of primary amides is 1. The molecule has 5 atom stereocenters. The molecule has 17 heteroatoms. The lowest BCUT2D eigenvalue weighted by Crippen LogP contribution is -2.46. The van der Waals surface area contributed by atoms with Crippen molar-refractivity contribution in [3.8, 4) is 11.5 Å². The largest absolute Gasteiger partial charge is 0.493 e. The minimum absolute atomic E-state index is 0.00829. The minimum Gasteiger partial charge on any atom is -0.493 e. The lowest BCUT2D eigenvalue weighted by Gasteiger charge is -2.31. The molecule has 0 aliphatic carbocycles. The van der Waals surface area contributed by atoms with Crippen LogP contribution in [-0.2, 0) is 44.5 Å². The molecule has 0 bridgehead atoms. The van der Waals surface area contributed by atoms with E-state index in [0.29, 0.717) is 77.8 Å². The van der Waals surface area contributed by atoms with Gasteiger partial charge in [-0.15, -0.1) is 0 Å². The molecule has 0 fully saturated rings. The molecular formula is C50H78ClN5O11. The van der Waals surface area contributed by atoms with E-state index in [1.54, 1.807) is 66.2 Å². The number of nitrogens with two attached hydrogens (primary N) is 3. The van der Waals surface area contributed by atoms with Crippen molar-refractivity contribution in [2.24, 2.45) is 46.3 Å². The van der Waals surface area contributed by atoms with Crippen LogP contribution in [0.1, 0.15) is 91.7 Å². The number of benzene rings is 2. The molecule has 2 amide bonds. The lowest BCUT2D eigenvalue weighted by molar-refractivity contribution is -0.139. The van der Waals surface area contributed by atoms with E-state index < -0.39 is 47.2 Å². The Morgan fingerprint density at radius 1 is 0.925 bits per heavy atom. The highest BCUT2D eigenvalue weighted by Crippen LogP contribution is 2.42. The predicted octanol–water partition coefficient (Wildman–Crippen LogP) is 5.56. The van der Waals surface area contributed by atoms with Crippen LogP contribution in [0.5, 0.6) is 11.5 Å². The van der Waals surface area contributed by atoms with Gasteiger partial charge in [0, 0.05) is 55.9 Å². The Kier molecular flexibility index (Phi) is 25.5. The van der Waals surface area contributed by atoms with Gasteiger partial charge in [0.05, 0.1) is 74.9 Å². The number of aliphatic hydroxyl groups is 1. The molecule has 2 aromatic carbocycles. The van der Waals surface area contributed by atoms with Crippen LogP contribution in [0.25, 0.3) is 0 Å². The molecule has 0 saturated heterocycles. The van der Waals surface area contributed by atoms with E-state index in [9.17, 15) is 24.3 Å². The second-order valence-corrected chi connectivity index (χ2v) is 18.4. The number of nitrogens with one attached hydrogen (secondary N) is 2. The molecule has 9 N–H and O–H groups in total. The highest BCUT2D eigenvalue weighted by atomic mass is 35.5. The first-order chi connectivity index (χ1) is 31.7. The summed E-state index contributed by atoms with van der Waals surface area (Å²) in [4.78, 5) is 50.0. The van der Waals surface area contributed by atoms with Crippen molar-refractivity contribution in [2.75, 3.05) is 67.5 Å². The summed E-state index contributed by atoms with van der Waals surface area (Å²) in [6.07, 6.45) is 1.56. The molecule has 67 heavy (non-hydrogen) atoms. The van der Waals surface area contributed by atoms with Crippen LogP contribution in [0.2, 0.25) is 5.02 Å². The van der Waals surface area contributed by atoms with Crippen molar-refractivity contribution in [3.05, 3.63) is 81.2 Å². The van der Waals surface area contributed by atoms with Gasteiger partial charge in [0.25, 0.3) is 0 Å². The third-order valence-electron chi connectivity index (χ3n) is 11.8. The Morgan fingerprint density at radius 3 is 2.18 bits per heavy atom. The Balaban J connectivity index is 0.000000484. The van der Waals surface area contributed by atoms with Gasteiger partial charge < -0.3 is 61.4 Å². The number of dihydropyridines is 1. The fourth-order valence-electron chi connectivity index (χ4n) is 7.51. The van der Waals surface area contributed by atoms with Crippen LogP contribution < -0.4 is 37.3 Å². The van der Waals surface area contributed by atoms with Gasteiger partial charge in [0.15, 0.2) is 11.5 Å². The number of hydrogen-bond acceptors (Lipinski definition) is 14. The first-order valence-electron chi connectivity index (χ1n) is 23.0. The monoisotopic (exact) mass is 960 g/mol. The van der Waals surface area contributed by atoms with Gasteiger partial charge in [0.2, 0.25) is 11.8 Å². The maximum absolute atomic E-state index is 12.9. The minimum atomic E-state index is -0.854. The average Bonchev–Trinajstić information content (AvgIpc) is 3.28. The van der Waals surface area contributed by atoms with Gasteiger partial charge in [-0.05, 0) is 94.0 Å². The van der Waals surface area contributed by atoms with Crippen molar-refractivity contribution >= 4 is 35.4 Å². The maximum Gasteiger partial charge on any atom is 0.336 e. The van der Waals surface area contributed by atoms with Crippen LogP contribution >= 0.6 is 11.6 Å². The van der Waals surface area contributed by atoms with E-state index >= 15 is 0 Å². The van der Waals surface area contributed by atoms with Gasteiger partial charge in [-0.25, -0.2) is 9.59 Å². The van der Waals surface area contributed by atoms with Crippen LogP contribution in [0.15, 0.2) is 65.0 Å². The number of aliphatic hydroxyl groups excluding tert-OH is 1. The highest BCUT2D eigenvalue weighted by Gasteiger charge is 2.40. The number of rotatable bonds is 27. The molecule has 0 spiro atoms. The molecule has 1 heterocycles. The SMILES string of the molecule is CCOC(=O)C1=C(COCCN)NC(C)=C(C(=O)OC)C1c1ccccc1Cl.COCCCOc1cc(C[C@@H](C[C@H](N)[C@@H](O)C[C@@H](C(=O)NCC(C)(C)C(N)=O)C(C)C)C(C)C)ccc1OC. The number of methoxy groups -OCH3 is 3. The van der Waals surface area contributed by atoms with Gasteiger partial charge in [0.1, 0.15) is 0 Å². The van der Waals surface area contributed by atoms with Crippen LogP contribution in [-0.4, -0.2) is 108 Å². The van der Waals surface area contributed by atoms with Gasteiger partial charge in [-0.1, -0.05) is 63.6 Å². The Bertz CT molecular complexity index is 1970. The molecule has 16 nitrogen and oxygen atoms in total.